The maximum absolute atomic E-state index is 12.7. The molecule has 0 radical (unpaired) electrons. The Kier molecular flexibility index (Phi) is 5.39. The Bertz CT molecular complexity index is 903. The molecule has 0 unspecified atom stereocenters. The molecule has 0 atom stereocenters. The van der Waals surface area contributed by atoms with Gasteiger partial charge in [-0.05, 0) is 36.8 Å². The first-order valence-corrected chi connectivity index (χ1v) is 8.40. The van der Waals surface area contributed by atoms with Gasteiger partial charge in [0.15, 0.2) is 11.3 Å². The van der Waals surface area contributed by atoms with Crippen LogP contribution in [-0.2, 0) is 19.1 Å². The number of ether oxygens (including phenoxy) is 2. The summed E-state index contributed by atoms with van der Waals surface area (Å²) in [6.07, 6.45) is 1.50. The number of hydrogen-bond donors (Lipinski definition) is 1. The topological polar surface area (TPSA) is 64.6 Å². The minimum Gasteiger partial charge on any atom is -0.462 e. The van der Waals surface area contributed by atoms with Crippen LogP contribution in [0.2, 0.25) is 5.02 Å². The second-order valence-corrected chi connectivity index (χ2v) is 5.78. The molecule has 5 nitrogen and oxygen atoms in total. The molecule has 2 aromatic carbocycles. The highest BCUT2D eigenvalue weighted by molar-refractivity contribution is 6.32. The molecular weight excluding hydrogens is 354 g/mol. The number of hydrogen-bond acceptors (Lipinski definition) is 5. The Balaban J connectivity index is 1.96. The Morgan fingerprint density at radius 3 is 2.54 bits per heavy atom. The lowest BCUT2D eigenvalue weighted by Crippen LogP contribution is -2.16. The number of halogens is 1. The van der Waals surface area contributed by atoms with Crippen molar-refractivity contribution < 1.29 is 19.1 Å². The maximum Gasteiger partial charge on any atom is 0.347 e. The molecule has 3 rings (SSSR count). The number of para-hydroxylation sites is 1. The zero-order valence-corrected chi connectivity index (χ0v) is 14.7. The molecule has 1 aliphatic rings. The quantitative estimate of drug-likeness (QED) is 0.487. The highest BCUT2D eigenvalue weighted by Crippen LogP contribution is 2.30. The molecule has 0 aliphatic carbocycles. The normalized spacial score (nSPS) is 15.2. The predicted octanol–water partition coefficient (Wildman–Crippen LogP) is 4.17. The number of carbonyl (C=O) groups excluding carboxylic acids is 2. The van der Waals surface area contributed by atoms with Gasteiger partial charge in [-0.2, -0.15) is 0 Å². The molecule has 0 fully saturated rings. The number of esters is 1. The van der Waals surface area contributed by atoms with Crippen LogP contribution < -0.4 is 5.32 Å². The molecule has 2 aromatic rings. The van der Waals surface area contributed by atoms with Crippen molar-refractivity contribution in [1.82, 2.24) is 0 Å². The fraction of sp³-hybridized carbons (Fsp3) is 0.100. The van der Waals surface area contributed by atoms with Crippen LogP contribution in [0.4, 0.5) is 5.69 Å². The minimum atomic E-state index is -0.738. The molecule has 1 heterocycles. The summed E-state index contributed by atoms with van der Waals surface area (Å²) in [5.74, 6) is -1.25. The summed E-state index contributed by atoms with van der Waals surface area (Å²) in [5.41, 5.74) is 1.12. The van der Waals surface area contributed by atoms with E-state index in [0.717, 1.165) is 0 Å². The van der Waals surface area contributed by atoms with Gasteiger partial charge in [-0.1, -0.05) is 48.0 Å². The summed E-state index contributed by atoms with van der Waals surface area (Å²) in [6.45, 7) is 1.82. The lowest BCUT2D eigenvalue weighted by Gasteiger charge is -2.08. The van der Waals surface area contributed by atoms with Gasteiger partial charge in [0.25, 0.3) is 0 Å². The zero-order chi connectivity index (χ0) is 18.5. The number of carbonyl (C=O) groups is 2. The third-order valence-electron chi connectivity index (χ3n) is 3.59. The lowest BCUT2D eigenvalue weighted by atomic mass is 10.1. The highest BCUT2D eigenvalue weighted by atomic mass is 35.5. The Morgan fingerprint density at radius 2 is 1.85 bits per heavy atom. The van der Waals surface area contributed by atoms with Crippen LogP contribution in [0.5, 0.6) is 0 Å². The smallest absolute Gasteiger partial charge is 0.347 e. The first-order valence-electron chi connectivity index (χ1n) is 8.02. The second kappa shape index (κ2) is 7.89. The van der Waals surface area contributed by atoms with Crippen LogP contribution >= 0.6 is 11.6 Å². The first-order chi connectivity index (χ1) is 12.6. The van der Waals surface area contributed by atoms with Gasteiger partial charge in [0.05, 0.1) is 6.61 Å². The van der Waals surface area contributed by atoms with E-state index in [-0.39, 0.29) is 23.8 Å². The van der Waals surface area contributed by atoms with Gasteiger partial charge in [-0.3, -0.25) is 4.79 Å². The van der Waals surface area contributed by atoms with Crippen molar-refractivity contribution in [1.29, 1.82) is 0 Å². The van der Waals surface area contributed by atoms with Crippen LogP contribution in [0.1, 0.15) is 12.5 Å². The van der Waals surface area contributed by atoms with Crippen LogP contribution in [0, 0.1) is 0 Å². The van der Waals surface area contributed by atoms with Crippen molar-refractivity contribution in [2.45, 2.75) is 6.92 Å². The van der Waals surface area contributed by atoms with Gasteiger partial charge in [-0.25, -0.2) is 4.79 Å². The van der Waals surface area contributed by atoms with E-state index in [0.29, 0.717) is 16.3 Å². The fourth-order valence-electron chi connectivity index (χ4n) is 2.39. The van der Waals surface area contributed by atoms with Crippen LogP contribution in [-0.4, -0.2) is 18.4 Å². The Hall–Kier alpha value is -3.05. The molecule has 0 spiro atoms. The van der Waals surface area contributed by atoms with Crippen molar-refractivity contribution >= 4 is 35.1 Å². The molecule has 0 saturated carbocycles. The Morgan fingerprint density at radius 1 is 1.15 bits per heavy atom. The van der Waals surface area contributed by atoms with E-state index in [1.54, 1.807) is 43.3 Å². The zero-order valence-electron chi connectivity index (χ0n) is 14.0. The summed E-state index contributed by atoms with van der Waals surface area (Å²) in [6, 6.07) is 16.1. The largest absolute Gasteiger partial charge is 0.462 e. The van der Waals surface area contributed by atoms with Crippen molar-refractivity contribution in [2.24, 2.45) is 0 Å². The van der Waals surface area contributed by atoms with E-state index in [1.807, 2.05) is 18.2 Å². The molecule has 0 bridgehead atoms. The number of anilines is 1. The molecule has 1 N–H and O–H groups in total. The summed E-state index contributed by atoms with van der Waals surface area (Å²) in [4.78, 5) is 25.0. The van der Waals surface area contributed by atoms with Gasteiger partial charge in [0.2, 0.25) is 11.7 Å². The standard InChI is InChI=1S/C20H16ClNO4/c1-2-25-20(24)17-18(23)16(12-13-8-6-7-11-15(13)21)26-19(17)22-14-9-4-3-5-10-14/h3-12,22H,2H2,1H3/b16-12-. The fourth-order valence-corrected chi connectivity index (χ4v) is 2.58. The minimum absolute atomic E-state index is 0.000385. The number of benzene rings is 2. The third kappa shape index (κ3) is 3.78. The van der Waals surface area contributed by atoms with E-state index in [4.69, 9.17) is 21.1 Å². The summed E-state index contributed by atoms with van der Waals surface area (Å²) in [5, 5.41) is 3.42. The van der Waals surface area contributed by atoms with Crippen LogP contribution in [0.3, 0.4) is 0 Å². The van der Waals surface area contributed by atoms with Gasteiger partial charge >= 0.3 is 5.97 Å². The SMILES string of the molecule is CCOC(=O)C1=C(Nc2ccccc2)O/C(=C\c2ccccc2Cl)C1=O. The molecule has 132 valence electrons. The second-order valence-electron chi connectivity index (χ2n) is 5.38. The number of ketones is 1. The van der Waals surface area contributed by atoms with Crippen molar-refractivity contribution in [3.8, 4) is 0 Å². The maximum atomic E-state index is 12.7. The molecule has 0 aromatic heterocycles. The average molecular weight is 370 g/mol. The summed E-state index contributed by atoms with van der Waals surface area (Å²) >= 11 is 6.13. The van der Waals surface area contributed by atoms with E-state index in [2.05, 4.69) is 5.32 Å². The van der Waals surface area contributed by atoms with E-state index in [1.165, 1.54) is 6.08 Å². The number of Topliss-reactive ketones (excluding diaryl/α,β-unsaturated/α-hetero) is 1. The molecule has 0 saturated heterocycles. The average Bonchev–Trinajstić information content (AvgIpc) is 2.93. The van der Waals surface area contributed by atoms with E-state index in [9.17, 15) is 9.59 Å². The number of nitrogens with one attached hydrogen (secondary N) is 1. The van der Waals surface area contributed by atoms with Gasteiger partial charge in [-0.15, -0.1) is 0 Å². The van der Waals surface area contributed by atoms with Crippen LogP contribution in [0.15, 0.2) is 71.8 Å². The molecular formula is C20H16ClNO4. The molecule has 26 heavy (non-hydrogen) atoms. The van der Waals surface area contributed by atoms with Gasteiger partial charge in [0.1, 0.15) is 0 Å². The predicted molar refractivity (Wildman–Crippen MR) is 99.2 cm³/mol. The lowest BCUT2D eigenvalue weighted by molar-refractivity contribution is -0.139. The first kappa shape index (κ1) is 17.8. The molecule has 1 aliphatic heterocycles. The van der Waals surface area contributed by atoms with E-state index >= 15 is 0 Å². The van der Waals surface area contributed by atoms with E-state index < -0.39 is 11.8 Å². The molecule has 6 heteroatoms. The van der Waals surface area contributed by atoms with Crippen molar-refractivity contribution in [2.75, 3.05) is 11.9 Å². The summed E-state index contributed by atoms with van der Waals surface area (Å²) < 4.78 is 10.6. The van der Waals surface area contributed by atoms with Crippen LogP contribution in [0.25, 0.3) is 6.08 Å². The molecule has 0 amide bonds. The summed E-state index contributed by atoms with van der Waals surface area (Å²) in [7, 11) is 0. The number of allylic oxidation sites excluding steroid dienone is 1. The van der Waals surface area contributed by atoms with Crippen molar-refractivity contribution in [3.05, 3.63) is 82.4 Å². The van der Waals surface area contributed by atoms with Gasteiger partial charge in [0, 0.05) is 10.7 Å². The number of rotatable bonds is 5. The monoisotopic (exact) mass is 369 g/mol. The Labute approximate surface area is 155 Å². The van der Waals surface area contributed by atoms with Gasteiger partial charge < -0.3 is 14.8 Å². The van der Waals surface area contributed by atoms with Crippen molar-refractivity contribution in [3.63, 3.8) is 0 Å². The highest BCUT2D eigenvalue weighted by Gasteiger charge is 2.37. The third-order valence-corrected chi connectivity index (χ3v) is 3.94.